The van der Waals surface area contributed by atoms with Crippen LogP contribution in [0, 0.1) is 0 Å². The minimum atomic E-state index is -0.123. The van der Waals surface area contributed by atoms with E-state index in [1.54, 1.807) is 23.5 Å². The Labute approximate surface area is 177 Å². The molecule has 0 unspecified atom stereocenters. The molecule has 0 spiro atoms. The Balaban J connectivity index is 1.39. The first kappa shape index (κ1) is 18.7. The molecular formula is C18H11Cl2N3OS3. The van der Waals surface area contributed by atoms with Gasteiger partial charge in [-0.25, -0.2) is 9.97 Å². The Bertz CT molecular complexity index is 1090. The number of fused-ring (bicyclic) bond motifs is 1. The molecule has 1 N–H and O–H groups in total. The summed E-state index contributed by atoms with van der Waals surface area (Å²) in [5.74, 6) is 0.151. The van der Waals surface area contributed by atoms with E-state index in [9.17, 15) is 4.79 Å². The van der Waals surface area contributed by atoms with E-state index in [2.05, 4.69) is 15.3 Å². The average Bonchev–Trinajstić information content (AvgIpc) is 3.26. The fraction of sp³-hybridized carbons (Fsp3) is 0.0556. The molecule has 4 nitrogen and oxygen atoms in total. The Morgan fingerprint density at radius 3 is 2.81 bits per heavy atom. The van der Waals surface area contributed by atoms with E-state index in [0.717, 1.165) is 20.1 Å². The van der Waals surface area contributed by atoms with Crippen molar-refractivity contribution in [3.63, 3.8) is 0 Å². The number of carbonyl (C=O) groups excluding carboxylic acids is 1. The number of hydrogen-bond acceptors (Lipinski definition) is 6. The van der Waals surface area contributed by atoms with Crippen molar-refractivity contribution in [2.75, 3.05) is 11.1 Å². The summed E-state index contributed by atoms with van der Waals surface area (Å²) in [6.07, 6.45) is 0. The third-order valence-electron chi connectivity index (χ3n) is 3.56. The Kier molecular flexibility index (Phi) is 5.66. The van der Waals surface area contributed by atoms with Gasteiger partial charge in [-0.1, -0.05) is 47.1 Å². The minimum Gasteiger partial charge on any atom is -0.301 e. The lowest BCUT2D eigenvalue weighted by Gasteiger charge is -2.01. The highest BCUT2D eigenvalue weighted by Gasteiger charge is 2.12. The number of rotatable bonds is 5. The summed E-state index contributed by atoms with van der Waals surface area (Å²) >= 11 is 16.5. The number of benzene rings is 2. The van der Waals surface area contributed by atoms with Gasteiger partial charge in [0.25, 0.3) is 0 Å². The van der Waals surface area contributed by atoms with Gasteiger partial charge >= 0.3 is 0 Å². The molecule has 0 fully saturated rings. The van der Waals surface area contributed by atoms with Gasteiger partial charge in [0.1, 0.15) is 0 Å². The van der Waals surface area contributed by atoms with Crippen molar-refractivity contribution in [1.82, 2.24) is 9.97 Å². The molecule has 0 atom stereocenters. The van der Waals surface area contributed by atoms with Crippen molar-refractivity contribution in [2.45, 2.75) is 4.34 Å². The molecule has 1 amide bonds. The highest BCUT2D eigenvalue weighted by molar-refractivity contribution is 8.01. The molecule has 0 aliphatic heterocycles. The van der Waals surface area contributed by atoms with Gasteiger partial charge in [-0.3, -0.25) is 4.79 Å². The summed E-state index contributed by atoms with van der Waals surface area (Å²) < 4.78 is 1.99. The number of amides is 1. The predicted octanol–water partition coefficient (Wildman–Crippen LogP) is 6.46. The van der Waals surface area contributed by atoms with Crippen molar-refractivity contribution in [3.05, 3.63) is 57.9 Å². The van der Waals surface area contributed by atoms with E-state index < -0.39 is 0 Å². The van der Waals surface area contributed by atoms with Crippen LogP contribution in [0.15, 0.2) is 52.2 Å². The number of thioether (sulfide) groups is 1. The molecule has 4 rings (SSSR count). The predicted molar refractivity (Wildman–Crippen MR) is 117 cm³/mol. The van der Waals surface area contributed by atoms with Crippen LogP contribution in [0.25, 0.3) is 21.5 Å². The number of aromatic nitrogens is 2. The normalized spacial score (nSPS) is 11.0. The summed E-state index contributed by atoms with van der Waals surface area (Å²) in [6.45, 7) is 0. The molecule has 9 heteroatoms. The van der Waals surface area contributed by atoms with Crippen molar-refractivity contribution in [1.29, 1.82) is 0 Å². The first-order valence-corrected chi connectivity index (χ1v) is 11.2. The van der Waals surface area contributed by atoms with Gasteiger partial charge in [0.2, 0.25) is 5.91 Å². The SMILES string of the molecule is O=C(CSc1nc2ccccc2s1)Nc1nc(-c2ccc(Cl)cc2Cl)cs1. The summed E-state index contributed by atoms with van der Waals surface area (Å²) in [4.78, 5) is 21.2. The van der Waals surface area contributed by atoms with Gasteiger partial charge in [0, 0.05) is 16.0 Å². The van der Waals surface area contributed by atoms with Crippen molar-refractivity contribution >= 4 is 78.9 Å². The zero-order valence-electron chi connectivity index (χ0n) is 13.6. The molecule has 0 radical (unpaired) electrons. The van der Waals surface area contributed by atoms with Crippen LogP contribution in [0.3, 0.4) is 0 Å². The van der Waals surface area contributed by atoms with Crippen LogP contribution in [-0.4, -0.2) is 21.6 Å². The summed E-state index contributed by atoms with van der Waals surface area (Å²) in [5, 5.41) is 6.30. The van der Waals surface area contributed by atoms with Crippen LogP contribution in [0.4, 0.5) is 5.13 Å². The molecule has 0 aliphatic rings. The number of carbonyl (C=O) groups is 1. The fourth-order valence-corrected chi connectivity index (χ4v) is 5.45. The van der Waals surface area contributed by atoms with E-state index >= 15 is 0 Å². The average molecular weight is 452 g/mol. The van der Waals surface area contributed by atoms with Crippen LogP contribution in [0.2, 0.25) is 10.0 Å². The number of hydrogen-bond donors (Lipinski definition) is 1. The maximum Gasteiger partial charge on any atom is 0.236 e. The van der Waals surface area contributed by atoms with Crippen molar-refractivity contribution in [3.8, 4) is 11.3 Å². The van der Waals surface area contributed by atoms with Crippen LogP contribution < -0.4 is 5.32 Å². The Hall–Kier alpha value is -1.64. The van der Waals surface area contributed by atoms with Gasteiger partial charge in [-0.05, 0) is 30.3 Å². The second-order valence-corrected chi connectivity index (χ2v) is 9.40. The first-order valence-electron chi connectivity index (χ1n) is 7.78. The lowest BCUT2D eigenvalue weighted by atomic mass is 10.2. The second kappa shape index (κ2) is 8.16. The molecule has 2 aromatic heterocycles. The number of thiazole rings is 2. The Morgan fingerprint density at radius 2 is 2.00 bits per heavy atom. The highest BCUT2D eigenvalue weighted by Crippen LogP contribution is 2.33. The quantitative estimate of drug-likeness (QED) is 0.353. The monoisotopic (exact) mass is 451 g/mol. The number of para-hydroxylation sites is 1. The first-order chi connectivity index (χ1) is 13.1. The van der Waals surface area contributed by atoms with Crippen LogP contribution in [0.5, 0.6) is 0 Å². The fourth-order valence-electron chi connectivity index (χ4n) is 2.35. The zero-order valence-corrected chi connectivity index (χ0v) is 17.6. The third-order valence-corrected chi connectivity index (χ3v) is 7.04. The molecular weight excluding hydrogens is 441 g/mol. The zero-order chi connectivity index (χ0) is 18.8. The summed E-state index contributed by atoms with van der Waals surface area (Å²) in [6, 6.07) is 13.2. The lowest BCUT2D eigenvalue weighted by molar-refractivity contribution is -0.113. The maximum absolute atomic E-state index is 12.2. The topological polar surface area (TPSA) is 54.9 Å². The minimum absolute atomic E-state index is 0.123. The van der Waals surface area contributed by atoms with E-state index in [-0.39, 0.29) is 11.7 Å². The Morgan fingerprint density at radius 1 is 1.15 bits per heavy atom. The van der Waals surface area contributed by atoms with E-state index in [0.29, 0.717) is 20.9 Å². The standard InChI is InChI=1S/C18H11Cl2N3OS3/c19-10-5-6-11(12(20)7-10)14-8-25-17(21-14)23-16(24)9-26-18-22-13-3-1-2-4-15(13)27-18/h1-8H,9H2,(H,21,23,24). The summed E-state index contributed by atoms with van der Waals surface area (Å²) in [7, 11) is 0. The number of nitrogens with zero attached hydrogens (tertiary/aromatic N) is 2. The smallest absolute Gasteiger partial charge is 0.236 e. The van der Waals surface area contributed by atoms with Gasteiger partial charge in [-0.15, -0.1) is 22.7 Å². The maximum atomic E-state index is 12.2. The van der Waals surface area contributed by atoms with Gasteiger partial charge in [0.15, 0.2) is 9.47 Å². The van der Waals surface area contributed by atoms with Crippen molar-refractivity contribution in [2.24, 2.45) is 0 Å². The number of halogens is 2. The van der Waals surface area contributed by atoms with Crippen molar-refractivity contribution < 1.29 is 4.79 Å². The van der Waals surface area contributed by atoms with Gasteiger partial charge < -0.3 is 5.32 Å². The van der Waals surface area contributed by atoms with E-state index in [1.807, 2.05) is 35.7 Å². The molecule has 27 heavy (non-hydrogen) atoms. The summed E-state index contributed by atoms with van der Waals surface area (Å²) in [5.41, 5.74) is 2.44. The molecule has 0 saturated heterocycles. The third kappa shape index (κ3) is 4.44. The molecule has 2 heterocycles. The number of anilines is 1. The molecule has 0 aliphatic carbocycles. The van der Waals surface area contributed by atoms with Crippen LogP contribution in [-0.2, 0) is 4.79 Å². The van der Waals surface area contributed by atoms with E-state index in [1.165, 1.54) is 23.1 Å². The molecule has 0 bridgehead atoms. The lowest BCUT2D eigenvalue weighted by Crippen LogP contribution is -2.13. The number of nitrogens with one attached hydrogen (secondary N) is 1. The largest absolute Gasteiger partial charge is 0.301 e. The highest BCUT2D eigenvalue weighted by atomic mass is 35.5. The van der Waals surface area contributed by atoms with Crippen LogP contribution in [0.1, 0.15) is 0 Å². The van der Waals surface area contributed by atoms with Gasteiger partial charge in [0.05, 0.1) is 26.7 Å². The molecule has 2 aromatic carbocycles. The molecule has 0 saturated carbocycles. The molecule has 136 valence electrons. The molecule has 4 aromatic rings. The van der Waals surface area contributed by atoms with E-state index in [4.69, 9.17) is 23.2 Å². The van der Waals surface area contributed by atoms with Gasteiger partial charge in [-0.2, -0.15) is 0 Å². The van der Waals surface area contributed by atoms with Crippen LogP contribution >= 0.6 is 57.6 Å². The second-order valence-electron chi connectivity index (χ2n) is 5.45.